The summed E-state index contributed by atoms with van der Waals surface area (Å²) in [6, 6.07) is -0.0703. The van der Waals surface area contributed by atoms with E-state index >= 15 is 0 Å². The molecule has 0 rings (SSSR count). The number of carboxylic acids is 2. The molecule has 0 saturated carbocycles. The summed E-state index contributed by atoms with van der Waals surface area (Å²) in [7, 11) is 1.58. The first kappa shape index (κ1) is 66.9. The number of ketones is 3. The van der Waals surface area contributed by atoms with Gasteiger partial charge in [-0.15, -0.1) is 0 Å². The summed E-state index contributed by atoms with van der Waals surface area (Å²) in [6.45, 7) is 10.1. The topological polar surface area (TPSA) is 264 Å². The van der Waals surface area contributed by atoms with Crippen molar-refractivity contribution in [2.75, 3.05) is 73.0 Å². The maximum absolute atomic E-state index is 12.2. The summed E-state index contributed by atoms with van der Waals surface area (Å²) >= 11 is 0. The van der Waals surface area contributed by atoms with Crippen LogP contribution < -0.4 is 16.0 Å². The molecule has 0 aromatic heterocycles. The number of carboxylic acid groups (broad SMARTS) is 2. The van der Waals surface area contributed by atoms with E-state index in [-0.39, 0.29) is 74.4 Å². The molecular weight excluding hydrogens is 855 g/mol. The SMILES string of the molecule is CCN[C@@H](CCCCNC(=O)COCCOCCCC(=O)CC)C(=O)CC.COCCOCCNC(=O)CC[C@H](CC(=O)CCCCCCCCCCCCCCCCC(=O)O)C(=O)O.O.[HH]. The summed E-state index contributed by atoms with van der Waals surface area (Å²) in [5.74, 6) is -2.46. The van der Waals surface area contributed by atoms with Crippen LogP contribution in [0.5, 0.6) is 0 Å². The van der Waals surface area contributed by atoms with Crippen LogP contribution in [0.4, 0.5) is 0 Å². The zero-order chi connectivity index (χ0) is 48.6. The van der Waals surface area contributed by atoms with Crippen LogP contribution in [0.25, 0.3) is 0 Å². The van der Waals surface area contributed by atoms with Crippen LogP contribution >= 0.6 is 0 Å². The zero-order valence-corrected chi connectivity index (χ0v) is 41.5. The lowest BCUT2D eigenvalue weighted by Gasteiger charge is -2.15. The summed E-state index contributed by atoms with van der Waals surface area (Å²) in [5, 5.41) is 26.7. The molecule has 0 aromatic carbocycles. The molecule has 0 spiro atoms. The van der Waals surface area contributed by atoms with E-state index < -0.39 is 17.9 Å². The van der Waals surface area contributed by atoms with Crippen molar-refractivity contribution in [1.82, 2.24) is 16.0 Å². The second-order valence-corrected chi connectivity index (χ2v) is 16.6. The number of unbranched alkanes of at least 4 members (excludes halogenated alkanes) is 14. The van der Waals surface area contributed by atoms with E-state index in [0.29, 0.717) is 78.4 Å². The molecule has 0 bridgehead atoms. The molecule has 0 aromatic rings. The number of likely N-dealkylation sites (N-methyl/N-ethyl adjacent to an activating group) is 1. The number of aliphatic carboxylic acids is 2. The van der Waals surface area contributed by atoms with Crippen molar-refractivity contribution in [2.45, 2.75) is 194 Å². The van der Waals surface area contributed by atoms with Crippen LogP contribution in [0.3, 0.4) is 0 Å². The molecule has 17 nitrogen and oxygen atoms in total. The molecule has 390 valence electrons. The number of methoxy groups -OCH3 is 1. The Hall–Kier alpha value is -3.35. The number of carbonyl (C=O) groups excluding carboxylic acids is 5. The molecule has 0 heterocycles. The number of amides is 2. The molecule has 17 heteroatoms. The second-order valence-electron chi connectivity index (χ2n) is 16.6. The lowest BCUT2D eigenvalue weighted by atomic mass is 9.94. The number of hydrogen-bond acceptors (Lipinski definition) is 12. The highest BCUT2D eigenvalue weighted by molar-refractivity contribution is 5.84. The van der Waals surface area contributed by atoms with Crippen molar-refractivity contribution >= 4 is 41.1 Å². The van der Waals surface area contributed by atoms with Gasteiger partial charge in [0, 0.05) is 73.2 Å². The quantitative estimate of drug-likeness (QED) is 0.0386. The molecular formula is C49H95N3O14. The molecule has 0 aliphatic rings. The number of nitrogens with one attached hydrogen (secondary N) is 3. The lowest BCUT2D eigenvalue weighted by molar-refractivity contribution is -0.144. The number of hydrogen-bond donors (Lipinski definition) is 5. The van der Waals surface area contributed by atoms with E-state index in [4.69, 9.17) is 24.1 Å². The van der Waals surface area contributed by atoms with Crippen molar-refractivity contribution < 1.29 is 69.6 Å². The first-order valence-electron chi connectivity index (χ1n) is 24.9. The second kappa shape index (κ2) is 51.0. The molecule has 66 heavy (non-hydrogen) atoms. The van der Waals surface area contributed by atoms with Gasteiger partial charge in [0.15, 0.2) is 0 Å². The third-order valence-corrected chi connectivity index (χ3v) is 10.8. The molecule has 7 N–H and O–H groups in total. The molecule has 2 amide bonds. The van der Waals surface area contributed by atoms with Crippen molar-refractivity contribution in [2.24, 2.45) is 5.92 Å². The Morgan fingerprint density at radius 1 is 0.515 bits per heavy atom. The smallest absolute Gasteiger partial charge is 0.306 e. The first-order valence-corrected chi connectivity index (χ1v) is 24.9. The fourth-order valence-corrected chi connectivity index (χ4v) is 6.87. The van der Waals surface area contributed by atoms with E-state index in [1.54, 1.807) is 7.11 Å². The summed E-state index contributed by atoms with van der Waals surface area (Å²) in [5.41, 5.74) is 0. The van der Waals surface area contributed by atoms with Gasteiger partial charge in [-0.05, 0) is 51.5 Å². The third kappa shape index (κ3) is 48.6. The van der Waals surface area contributed by atoms with Gasteiger partial charge in [0.05, 0.1) is 45.0 Å². The Labute approximate surface area is 398 Å². The fraction of sp³-hybridized carbons (Fsp3) is 0.857. The van der Waals surface area contributed by atoms with Gasteiger partial charge >= 0.3 is 11.9 Å². The fourth-order valence-electron chi connectivity index (χ4n) is 6.87. The van der Waals surface area contributed by atoms with Crippen molar-refractivity contribution in [3.63, 3.8) is 0 Å². The van der Waals surface area contributed by atoms with E-state index in [1.165, 1.54) is 51.4 Å². The molecule has 0 aliphatic heterocycles. The molecule has 0 saturated heterocycles. The molecule has 0 aliphatic carbocycles. The number of Topliss-reactive ketones (excluding diaryl/α,β-unsaturated/α-hetero) is 3. The van der Waals surface area contributed by atoms with Crippen LogP contribution in [0.2, 0.25) is 0 Å². The average Bonchev–Trinajstić information content (AvgIpc) is 3.28. The molecule has 0 radical (unpaired) electrons. The highest BCUT2D eigenvalue weighted by Gasteiger charge is 2.22. The van der Waals surface area contributed by atoms with Gasteiger partial charge in [-0.2, -0.15) is 0 Å². The Morgan fingerprint density at radius 2 is 1.05 bits per heavy atom. The maximum Gasteiger partial charge on any atom is 0.306 e. The standard InChI is InChI=1S/C29H53NO8.C20H38N2O5.H2O.H2/c1-37-22-23-38-21-20-30-27(32)19-18-25(29(35)36)24-26(31)16-14-12-10-8-6-4-2-3-5-7-9-11-13-15-17-28(33)34;1-4-17(23)10-9-13-26-14-15-27-16-20(25)22-12-8-7-11-18(21-6-3)19(24)5-2;;/h25H,2-24H2,1H3,(H,30,32)(H,33,34)(H,35,36);18,21H,4-16H2,1-3H3,(H,22,25);1H2;1H/t25-;18-;;/m10../s1. The van der Waals surface area contributed by atoms with Crippen molar-refractivity contribution in [3.8, 4) is 0 Å². The highest BCUT2D eigenvalue weighted by Crippen LogP contribution is 2.17. The van der Waals surface area contributed by atoms with E-state index in [1.807, 2.05) is 20.8 Å². The highest BCUT2D eigenvalue weighted by atomic mass is 16.5. The Morgan fingerprint density at radius 3 is 1.59 bits per heavy atom. The van der Waals surface area contributed by atoms with E-state index in [2.05, 4.69) is 16.0 Å². The van der Waals surface area contributed by atoms with Gasteiger partial charge in [0.25, 0.3) is 0 Å². The molecule has 0 fully saturated rings. The summed E-state index contributed by atoms with van der Waals surface area (Å²) < 4.78 is 20.7. The zero-order valence-electron chi connectivity index (χ0n) is 41.5. The van der Waals surface area contributed by atoms with Gasteiger partial charge in [0.1, 0.15) is 24.0 Å². The van der Waals surface area contributed by atoms with Crippen LogP contribution in [0.1, 0.15) is 189 Å². The van der Waals surface area contributed by atoms with Gasteiger partial charge in [-0.25, -0.2) is 0 Å². The minimum atomic E-state index is -1.02. The van der Waals surface area contributed by atoms with Gasteiger partial charge < -0.3 is 50.6 Å². The lowest BCUT2D eigenvalue weighted by Crippen LogP contribution is -2.36. The van der Waals surface area contributed by atoms with Crippen molar-refractivity contribution in [1.29, 1.82) is 0 Å². The number of carbonyl (C=O) groups is 7. The van der Waals surface area contributed by atoms with Crippen LogP contribution in [-0.2, 0) is 52.5 Å². The van der Waals surface area contributed by atoms with Gasteiger partial charge in [-0.1, -0.05) is 97.8 Å². The molecule has 2 atom stereocenters. The third-order valence-electron chi connectivity index (χ3n) is 10.8. The van der Waals surface area contributed by atoms with E-state index in [9.17, 15) is 38.7 Å². The summed E-state index contributed by atoms with van der Waals surface area (Å²) in [6.07, 6.45) is 21.5. The van der Waals surface area contributed by atoms with Crippen molar-refractivity contribution in [3.05, 3.63) is 0 Å². The minimum Gasteiger partial charge on any atom is -0.481 e. The Bertz CT molecular complexity index is 1230. The van der Waals surface area contributed by atoms with Crippen LogP contribution in [-0.4, -0.2) is 136 Å². The number of ether oxygens (including phenoxy) is 4. The average molecular weight is 950 g/mol. The minimum absolute atomic E-state index is 0. The predicted octanol–water partition coefficient (Wildman–Crippen LogP) is 6.98. The maximum atomic E-state index is 12.2. The predicted molar refractivity (Wildman–Crippen MR) is 259 cm³/mol. The van der Waals surface area contributed by atoms with Crippen LogP contribution in [0, 0.1) is 5.92 Å². The van der Waals surface area contributed by atoms with E-state index in [0.717, 1.165) is 70.8 Å². The molecule has 0 unspecified atom stereocenters. The first-order chi connectivity index (χ1) is 31.4. The van der Waals surface area contributed by atoms with Gasteiger partial charge in [0.2, 0.25) is 11.8 Å². The largest absolute Gasteiger partial charge is 0.481 e. The van der Waals surface area contributed by atoms with Gasteiger partial charge in [-0.3, -0.25) is 33.6 Å². The summed E-state index contributed by atoms with van der Waals surface area (Å²) in [4.78, 5) is 80.7. The van der Waals surface area contributed by atoms with Crippen LogP contribution in [0.15, 0.2) is 0 Å². The monoisotopic (exact) mass is 950 g/mol. The Balaban J connectivity index is -0.000000607. The normalized spacial score (nSPS) is 11.7. The number of rotatable bonds is 48. The Kier molecular flexibility index (Phi) is 51.8.